The van der Waals surface area contributed by atoms with Crippen LogP contribution in [0.4, 0.5) is 17.1 Å². The zero-order chi connectivity index (χ0) is 15.2. The minimum atomic E-state index is -0.822. The number of anilines is 2. The maximum Gasteiger partial charge on any atom is 0.273 e. The standard InChI is InChI=1S/C14H23N3O3/c1-4-6-14(3,18)10-16-12-7-11(15-5-2)8-13(9-12)17(19)20/h7-9,15-16,18H,4-6,10H2,1-3H3. The molecule has 1 atom stereocenters. The summed E-state index contributed by atoms with van der Waals surface area (Å²) in [5.41, 5.74) is 0.532. The summed E-state index contributed by atoms with van der Waals surface area (Å²) in [6.45, 7) is 6.73. The van der Waals surface area contributed by atoms with Crippen molar-refractivity contribution in [2.45, 2.75) is 39.2 Å². The van der Waals surface area contributed by atoms with Gasteiger partial charge in [0, 0.05) is 36.6 Å². The molecule has 0 saturated carbocycles. The predicted molar refractivity (Wildman–Crippen MR) is 81.3 cm³/mol. The number of rotatable bonds is 8. The first-order valence-corrected chi connectivity index (χ1v) is 6.87. The summed E-state index contributed by atoms with van der Waals surface area (Å²) in [6, 6.07) is 4.78. The van der Waals surface area contributed by atoms with Crippen LogP contribution in [-0.2, 0) is 0 Å². The number of nitro groups is 1. The van der Waals surface area contributed by atoms with Gasteiger partial charge >= 0.3 is 0 Å². The third-order valence-corrected chi connectivity index (χ3v) is 2.97. The lowest BCUT2D eigenvalue weighted by Crippen LogP contribution is -2.33. The van der Waals surface area contributed by atoms with Gasteiger partial charge < -0.3 is 15.7 Å². The molecule has 0 saturated heterocycles. The summed E-state index contributed by atoms with van der Waals surface area (Å²) in [5, 5.41) is 27.2. The second kappa shape index (κ2) is 7.09. The quantitative estimate of drug-likeness (QED) is 0.503. The lowest BCUT2D eigenvalue weighted by atomic mass is 10.0. The van der Waals surface area contributed by atoms with E-state index in [1.807, 2.05) is 13.8 Å². The first-order valence-electron chi connectivity index (χ1n) is 6.87. The van der Waals surface area contributed by atoms with E-state index in [-0.39, 0.29) is 5.69 Å². The minimum absolute atomic E-state index is 0.0288. The van der Waals surface area contributed by atoms with Gasteiger partial charge in [0.1, 0.15) is 0 Å². The van der Waals surface area contributed by atoms with Gasteiger partial charge in [-0.3, -0.25) is 10.1 Å². The smallest absolute Gasteiger partial charge is 0.273 e. The zero-order valence-corrected chi connectivity index (χ0v) is 12.3. The first-order chi connectivity index (χ1) is 9.38. The molecule has 1 unspecified atom stereocenters. The van der Waals surface area contributed by atoms with Gasteiger partial charge in [0.2, 0.25) is 0 Å². The first kappa shape index (κ1) is 16.2. The predicted octanol–water partition coefficient (Wildman–Crippen LogP) is 2.99. The summed E-state index contributed by atoms with van der Waals surface area (Å²) in [7, 11) is 0. The van der Waals surface area contributed by atoms with Crippen LogP contribution in [0.25, 0.3) is 0 Å². The van der Waals surface area contributed by atoms with Crippen LogP contribution in [0.2, 0.25) is 0 Å². The Bertz CT molecular complexity index is 461. The van der Waals surface area contributed by atoms with Crippen LogP contribution in [0.3, 0.4) is 0 Å². The molecule has 0 bridgehead atoms. The van der Waals surface area contributed by atoms with Crippen LogP contribution < -0.4 is 10.6 Å². The number of non-ortho nitro benzene ring substituents is 1. The highest BCUT2D eigenvalue weighted by atomic mass is 16.6. The van der Waals surface area contributed by atoms with Crippen LogP contribution in [0.1, 0.15) is 33.6 Å². The Morgan fingerprint density at radius 1 is 1.25 bits per heavy atom. The number of nitrogens with zero attached hydrogens (tertiary/aromatic N) is 1. The number of benzene rings is 1. The lowest BCUT2D eigenvalue weighted by Gasteiger charge is -2.23. The van der Waals surface area contributed by atoms with Gasteiger partial charge in [-0.2, -0.15) is 0 Å². The van der Waals surface area contributed by atoms with Gasteiger partial charge in [0.15, 0.2) is 0 Å². The Hall–Kier alpha value is -1.82. The van der Waals surface area contributed by atoms with E-state index < -0.39 is 10.5 Å². The normalized spacial score (nSPS) is 13.6. The van der Waals surface area contributed by atoms with Crippen molar-refractivity contribution in [3.05, 3.63) is 28.3 Å². The Morgan fingerprint density at radius 3 is 2.35 bits per heavy atom. The van der Waals surface area contributed by atoms with Crippen molar-refractivity contribution in [1.82, 2.24) is 0 Å². The molecule has 1 aromatic rings. The molecule has 0 aliphatic carbocycles. The van der Waals surface area contributed by atoms with Crippen molar-refractivity contribution in [3.63, 3.8) is 0 Å². The highest BCUT2D eigenvalue weighted by molar-refractivity contribution is 5.63. The van der Waals surface area contributed by atoms with Gasteiger partial charge in [0.25, 0.3) is 5.69 Å². The van der Waals surface area contributed by atoms with E-state index >= 15 is 0 Å². The van der Waals surface area contributed by atoms with Crippen LogP contribution in [0.5, 0.6) is 0 Å². The van der Waals surface area contributed by atoms with E-state index in [2.05, 4.69) is 10.6 Å². The molecule has 6 heteroatoms. The highest BCUT2D eigenvalue weighted by Gasteiger charge is 2.19. The van der Waals surface area contributed by atoms with Crippen LogP contribution >= 0.6 is 0 Å². The maximum atomic E-state index is 10.9. The van der Waals surface area contributed by atoms with Crippen molar-refractivity contribution in [1.29, 1.82) is 0 Å². The van der Waals surface area contributed by atoms with E-state index in [4.69, 9.17) is 0 Å². The highest BCUT2D eigenvalue weighted by Crippen LogP contribution is 2.25. The molecule has 1 aromatic carbocycles. The second-order valence-corrected chi connectivity index (χ2v) is 5.16. The van der Waals surface area contributed by atoms with Gasteiger partial charge in [-0.1, -0.05) is 13.3 Å². The summed E-state index contributed by atoms with van der Waals surface area (Å²) < 4.78 is 0. The molecule has 3 N–H and O–H groups in total. The number of aliphatic hydroxyl groups is 1. The number of hydrogen-bond acceptors (Lipinski definition) is 5. The van der Waals surface area contributed by atoms with E-state index in [9.17, 15) is 15.2 Å². The third-order valence-electron chi connectivity index (χ3n) is 2.97. The maximum absolute atomic E-state index is 10.9. The summed E-state index contributed by atoms with van der Waals surface area (Å²) in [5.74, 6) is 0. The lowest BCUT2D eigenvalue weighted by molar-refractivity contribution is -0.384. The van der Waals surface area contributed by atoms with Gasteiger partial charge in [-0.05, 0) is 26.3 Å². The summed E-state index contributed by atoms with van der Waals surface area (Å²) in [4.78, 5) is 10.5. The van der Waals surface area contributed by atoms with E-state index in [1.54, 1.807) is 13.0 Å². The third kappa shape index (κ3) is 5.05. The SMILES string of the molecule is CCCC(C)(O)CNc1cc(NCC)cc([N+](=O)[O-])c1. The van der Waals surface area contributed by atoms with Crippen molar-refractivity contribution in [2.75, 3.05) is 23.7 Å². The molecule has 0 amide bonds. The minimum Gasteiger partial charge on any atom is -0.388 e. The van der Waals surface area contributed by atoms with Gasteiger partial charge in [-0.25, -0.2) is 0 Å². The average molecular weight is 281 g/mol. The largest absolute Gasteiger partial charge is 0.388 e. The van der Waals surface area contributed by atoms with Crippen molar-refractivity contribution in [2.24, 2.45) is 0 Å². The molecule has 0 spiro atoms. The molecule has 0 aliphatic heterocycles. The average Bonchev–Trinajstić information content (AvgIpc) is 2.36. The molecule has 6 nitrogen and oxygen atoms in total. The Morgan fingerprint density at radius 2 is 1.85 bits per heavy atom. The topological polar surface area (TPSA) is 87.4 Å². The van der Waals surface area contributed by atoms with E-state index in [0.29, 0.717) is 30.9 Å². The Kier molecular flexibility index (Phi) is 5.76. The fourth-order valence-electron chi connectivity index (χ4n) is 2.04. The zero-order valence-electron chi connectivity index (χ0n) is 12.3. The van der Waals surface area contributed by atoms with E-state index in [0.717, 1.165) is 6.42 Å². The molecule has 1 rings (SSSR count). The van der Waals surface area contributed by atoms with Crippen LogP contribution in [0.15, 0.2) is 18.2 Å². The van der Waals surface area contributed by atoms with Gasteiger partial charge in [0.05, 0.1) is 10.5 Å². The second-order valence-electron chi connectivity index (χ2n) is 5.16. The van der Waals surface area contributed by atoms with Gasteiger partial charge in [-0.15, -0.1) is 0 Å². The number of nitrogens with one attached hydrogen (secondary N) is 2. The fraction of sp³-hybridized carbons (Fsp3) is 0.571. The number of nitro benzene ring substituents is 1. The molecule has 0 fully saturated rings. The molecule has 0 radical (unpaired) electrons. The van der Waals surface area contributed by atoms with Crippen molar-refractivity contribution >= 4 is 17.1 Å². The monoisotopic (exact) mass is 281 g/mol. The molecule has 0 aromatic heterocycles. The Labute approximate surface area is 119 Å². The number of hydrogen-bond donors (Lipinski definition) is 3. The van der Waals surface area contributed by atoms with Crippen molar-refractivity contribution < 1.29 is 10.0 Å². The molecule has 0 aliphatic rings. The van der Waals surface area contributed by atoms with E-state index in [1.165, 1.54) is 12.1 Å². The summed E-state index contributed by atoms with van der Waals surface area (Å²) >= 11 is 0. The molecule has 112 valence electrons. The fourth-order valence-corrected chi connectivity index (χ4v) is 2.04. The molecule has 20 heavy (non-hydrogen) atoms. The molecule has 0 heterocycles. The van der Waals surface area contributed by atoms with Crippen LogP contribution in [-0.4, -0.2) is 28.7 Å². The van der Waals surface area contributed by atoms with Crippen LogP contribution in [0, 0.1) is 10.1 Å². The molecular formula is C14H23N3O3. The van der Waals surface area contributed by atoms with Crippen molar-refractivity contribution in [3.8, 4) is 0 Å². The molecular weight excluding hydrogens is 258 g/mol. The summed E-state index contributed by atoms with van der Waals surface area (Å²) in [6.07, 6.45) is 1.56. The Balaban J connectivity index is 2.85.